The average Bonchev–Trinajstić information content (AvgIpc) is 2.75. The first-order valence-electron chi connectivity index (χ1n) is 9.82. The molecular formula is C23H24N4O3. The van der Waals surface area contributed by atoms with Crippen molar-refractivity contribution in [2.24, 2.45) is 0 Å². The van der Waals surface area contributed by atoms with Crippen LogP contribution in [0.5, 0.6) is 11.5 Å². The van der Waals surface area contributed by atoms with Crippen molar-refractivity contribution in [2.75, 3.05) is 5.32 Å². The molecule has 1 unspecified atom stereocenters. The Hall–Kier alpha value is -3.74. The maximum atomic E-state index is 12.6. The smallest absolute Gasteiger partial charge is 0.248 e. The first-order valence-corrected chi connectivity index (χ1v) is 9.82. The zero-order chi connectivity index (χ0) is 21.2. The average molecular weight is 404 g/mol. The molecule has 30 heavy (non-hydrogen) atoms. The van der Waals surface area contributed by atoms with Gasteiger partial charge in [-0.3, -0.25) is 9.59 Å². The van der Waals surface area contributed by atoms with Gasteiger partial charge in [0, 0.05) is 6.20 Å². The molecule has 2 amide bonds. The SMILES string of the molecule is CCCC(NC(=O)Cc1cccc(Oc2ccccc2)c1)C(=O)Nc1ccncn1. The predicted octanol–water partition coefficient (Wildman–Crippen LogP) is 3.74. The third-order valence-corrected chi connectivity index (χ3v) is 4.30. The second kappa shape index (κ2) is 10.7. The highest BCUT2D eigenvalue weighted by Crippen LogP contribution is 2.22. The largest absolute Gasteiger partial charge is 0.457 e. The number of nitrogens with zero attached hydrogens (tertiary/aromatic N) is 2. The van der Waals surface area contributed by atoms with Crippen molar-refractivity contribution in [3.63, 3.8) is 0 Å². The van der Waals surface area contributed by atoms with E-state index >= 15 is 0 Å². The van der Waals surface area contributed by atoms with Crippen LogP contribution in [-0.4, -0.2) is 27.8 Å². The molecule has 0 aliphatic carbocycles. The number of hydrogen-bond acceptors (Lipinski definition) is 5. The van der Waals surface area contributed by atoms with Crippen molar-refractivity contribution >= 4 is 17.6 Å². The molecule has 3 rings (SSSR count). The quantitative estimate of drug-likeness (QED) is 0.567. The number of anilines is 1. The van der Waals surface area contributed by atoms with Gasteiger partial charge in [-0.05, 0) is 42.3 Å². The van der Waals surface area contributed by atoms with E-state index in [-0.39, 0.29) is 18.2 Å². The van der Waals surface area contributed by atoms with Crippen molar-refractivity contribution in [3.05, 3.63) is 78.8 Å². The number of carbonyl (C=O) groups is 2. The Morgan fingerprint density at radius 3 is 2.57 bits per heavy atom. The summed E-state index contributed by atoms with van der Waals surface area (Å²) in [5.41, 5.74) is 0.799. The number of amides is 2. The second-order valence-electron chi connectivity index (χ2n) is 6.73. The van der Waals surface area contributed by atoms with Crippen molar-refractivity contribution in [1.29, 1.82) is 0 Å². The van der Waals surface area contributed by atoms with Crippen molar-refractivity contribution in [2.45, 2.75) is 32.2 Å². The highest BCUT2D eigenvalue weighted by atomic mass is 16.5. The third-order valence-electron chi connectivity index (χ3n) is 4.30. The Kier molecular flexibility index (Phi) is 7.49. The molecule has 0 saturated carbocycles. The van der Waals surface area contributed by atoms with E-state index in [9.17, 15) is 9.59 Å². The van der Waals surface area contributed by atoms with Crippen LogP contribution in [0.4, 0.5) is 5.82 Å². The Morgan fingerprint density at radius 2 is 1.83 bits per heavy atom. The molecule has 0 saturated heterocycles. The van der Waals surface area contributed by atoms with E-state index in [0.29, 0.717) is 18.0 Å². The summed E-state index contributed by atoms with van der Waals surface area (Å²) in [6.07, 6.45) is 4.32. The molecule has 0 aliphatic rings. The summed E-state index contributed by atoms with van der Waals surface area (Å²) < 4.78 is 5.82. The van der Waals surface area contributed by atoms with E-state index in [0.717, 1.165) is 17.7 Å². The van der Waals surface area contributed by atoms with Crippen LogP contribution >= 0.6 is 0 Å². The first-order chi connectivity index (χ1) is 14.6. The fourth-order valence-corrected chi connectivity index (χ4v) is 2.91. The van der Waals surface area contributed by atoms with Crippen LogP contribution in [0.25, 0.3) is 0 Å². The van der Waals surface area contributed by atoms with E-state index in [1.165, 1.54) is 6.33 Å². The maximum Gasteiger partial charge on any atom is 0.248 e. The highest BCUT2D eigenvalue weighted by Gasteiger charge is 2.20. The van der Waals surface area contributed by atoms with Gasteiger partial charge in [-0.15, -0.1) is 0 Å². The molecule has 2 aromatic carbocycles. The summed E-state index contributed by atoms with van der Waals surface area (Å²) in [7, 11) is 0. The fourth-order valence-electron chi connectivity index (χ4n) is 2.91. The number of para-hydroxylation sites is 1. The number of aromatic nitrogens is 2. The van der Waals surface area contributed by atoms with E-state index in [1.807, 2.05) is 61.5 Å². The van der Waals surface area contributed by atoms with Crippen LogP contribution in [0.15, 0.2) is 73.2 Å². The Morgan fingerprint density at radius 1 is 1.03 bits per heavy atom. The van der Waals surface area contributed by atoms with Crippen LogP contribution in [0.1, 0.15) is 25.3 Å². The van der Waals surface area contributed by atoms with Crippen LogP contribution in [0.3, 0.4) is 0 Å². The molecule has 3 aromatic rings. The monoisotopic (exact) mass is 404 g/mol. The number of rotatable bonds is 9. The van der Waals surface area contributed by atoms with Crippen molar-refractivity contribution in [3.8, 4) is 11.5 Å². The molecule has 7 heteroatoms. The van der Waals surface area contributed by atoms with Gasteiger partial charge < -0.3 is 15.4 Å². The molecule has 1 atom stereocenters. The summed E-state index contributed by atoms with van der Waals surface area (Å²) in [6, 6.07) is 17.8. The van der Waals surface area contributed by atoms with Crippen LogP contribution in [-0.2, 0) is 16.0 Å². The first kappa shape index (κ1) is 21.0. The number of nitrogens with one attached hydrogen (secondary N) is 2. The van der Waals surface area contributed by atoms with Gasteiger partial charge in [0.1, 0.15) is 29.7 Å². The number of benzene rings is 2. The zero-order valence-corrected chi connectivity index (χ0v) is 16.7. The molecule has 1 heterocycles. The highest BCUT2D eigenvalue weighted by molar-refractivity contribution is 5.96. The maximum absolute atomic E-state index is 12.6. The fraction of sp³-hybridized carbons (Fsp3) is 0.217. The number of hydrogen-bond donors (Lipinski definition) is 2. The van der Waals surface area contributed by atoms with E-state index in [1.54, 1.807) is 12.3 Å². The molecule has 7 nitrogen and oxygen atoms in total. The molecule has 1 aromatic heterocycles. The normalized spacial score (nSPS) is 11.4. The number of ether oxygens (including phenoxy) is 1. The second-order valence-corrected chi connectivity index (χ2v) is 6.73. The van der Waals surface area contributed by atoms with Crippen molar-refractivity contribution in [1.82, 2.24) is 15.3 Å². The minimum atomic E-state index is -0.638. The lowest BCUT2D eigenvalue weighted by Gasteiger charge is -2.17. The van der Waals surface area contributed by atoms with Gasteiger partial charge in [0.05, 0.1) is 6.42 Å². The lowest BCUT2D eigenvalue weighted by molar-refractivity contribution is -0.126. The van der Waals surface area contributed by atoms with E-state index < -0.39 is 6.04 Å². The molecular weight excluding hydrogens is 380 g/mol. The molecule has 0 fully saturated rings. The van der Waals surface area contributed by atoms with E-state index in [2.05, 4.69) is 20.6 Å². The van der Waals surface area contributed by atoms with Gasteiger partial charge in [0.25, 0.3) is 0 Å². The molecule has 0 bridgehead atoms. The molecule has 2 N–H and O–H groups in total. The summed E-state index contributed by atoms with van der Waals surface area (Å²) in [5.74, 6) is 1.24. The molecule has 0 radical (unpaired) electrons. The van der Waals surface area contributed by atoms with Gasteiger partial charge in [0.2, 0.25) is 11.8 Å². The molecule has 0 spiro atoms. The van der Waals surface area contributed by atoms with Gasteiger partial charge in [-0.2, -0.15) is 0 Å². The zero-order valence-electron chi connectivity index (χ0n) is 16.7. The van der Waals surface area contributed by atoms with Gasteiger partial charge in [0.15, 0.2) is 0 Å². The summed E-state index contributed by atoms with van der Waals surface area (Å²) in [5, 5.41) is 5.53. The molecule has 154 valence electrons. The lowest BCUT2D eigenvalue weighted by Crippen LogP contribution is -2.44. The van der Waals surface area contributed by atoms with Crippen LogP contribution in [0, 0.1) is 0 Å². The third kappa shape index (κ3) is 6.41. The minimum absolute atomic E-state index is 0.146. The molecule has 0 aliphatic heterocycles. The standard InChI is InChI=1S/C23H24N4O3/c1-2-7-20(23(29)27-21-12-13-24-16-25-21)26-22(28)15-17-8-6-11-19(14-17)30-18-9-4-3-5-10-18/h3-6,8-14,16,20H,2,7,15H2,1H3,(H,26,28)(H,24,25,27,29). The summed E-state index contributed by atoms with van der Waals surface area (Å²) in [6.45, 7) is 1.96. The summed E-state index contributed by atoms with van der Waals surface area (Å²) >= 11 is 0. The van der Waals surface area contributed by atoms with Gasteiger partial charge in [-0.1, -0.05) is 43.7 Å². The Bertz CT molecular complexity index is 964. The lowest BCUT2D eigenvalue weighted by atomic mass is 10.1. The predicted molar refractivity (Wildman–Crippen MR) is 114 cm³/mol. The topological polar surface area (TPSA) is 93.2 Å². The van der Waals surface area contributed by atoms with Gasteiger partial charge >= 0.3 is 0 Å². The minimum Gasteiger partial charge on any atom is -0.457 e. The summed E-state index contributed by atoms with van der Waals surface area (Å²) in [4.78, 5) is 32.9. The number of carbonyl (C=O) groups excluding carboxylic acids is 2. The van der Waals surface area contributed by atoms with Crippen molar-refractivity contribution < 1.29 is 14.3 Å². The Labute approximate surface area is 175 Å². The Balaban J connectivity index is 1.60. The van der Waals surface area contributed by atoms with Crippen LogP contribution < -0.4 is 15.4 Å². The van der Waals surface area contributed by atoms with Crippen LogP contribution in [0.2, 0.25) is 0 Å². The van der Waals surface area contributed by atoms with Gasteiger partial charge in [-0.25, -0.2) is 9.97 Å². The van der Waals surface area contributed by atoms with E-state index in [4.69, 9.17) is 4.74 Å².